The highest BCUT2D eigenvalue weighted by Gasteiger charge is 2.40. The van der Waals surface area contributed by atoms with Crippen molar-refractivity contribution in [2.75, 3.05) is 63.0 Å². The molecule has 12 nitrogen and oxygen atoms in total. The standard InChI is InChI=1S/C29H29FN8O4/c1-31-20-8-15(30)7-16-23-25(37-12-21-22(13-37)42-5-4-36(21)3)18(10-33-27(23)35-24(16)20)14-6-17-26(39)19(29(40)41)11-38(32-2)28(17)34-9-14/h6-11,21-22,31-32H,4-5,12-13H2,1-3H3,(H,33,35)(H,40,41)/t21-,22+/m1/s1. The molecule has 0 bridgehead atoms. The molecule has 0 amide bonds. The van der Waals surface area contributed by atoms with Gasteiger partial charge in [-0.3, -0.25) is 9.69 Å². The number of aromatic nitrogens is 4. The molecule has 6 heterocycles. The van der Waals surface area contributed by atoms with Gasteiger partial charge in [0.15, 0.2) is 5.65 Å². The molecule has 4 aromatic heterocycles. The first-order valence-corrected chi connectivity index (χ1v) is 13.6. The number of benzene rings is 1. The highest BCUT2D eigenvalue weighted by atomic mass is 19.1. The summed E-state index contributed by atoms with van der Waals surface area (Å²) >= 11 is 0. The Labute approximate surface area is 238 Å². The third-order valence-corrected chi connectivity index (χ3v) is 8.46. The Kier molecular flexibility index (Phi) is 6.02. The number of carboxylic acid groups (broad SMARTS) is 1. The summed E-state index contributed by atoms with van der Waals surface area (Å²) in [7, 11) is 5.44. The van der Waals surface area contributed by atoms with Crippen molar-refractivity contribution in [3.05, 3.63) is 58.4 Å². The second-order valence-corrected chi connectivity index (χ2v) is 10.7. The number of carboxylic acids is 1. The number of aromatic carboxylic acids is 1. The van der Waals surface area contributed by atoms with Crippen LogP contribution in [0.5, 0.6) is 0 Å². The topological polar surface area (TPSA) is 141 Å². The summed E-state index contributed by atoms with van der Waals surface area (Å²) in [5.41, 5.74) is 6.15. The lowest BCUT2D eigenvalue weighted by atomic mass is 10.0. The normalized spacial score (nSPS) is 19.1. The van der Waals surface area contributed by atoms with Gasteiger partial charge in [-0.1, -0.05) is 0 Å². The van der Waals surface area contributed by atoms with Crippen molar-refractivity contribution in [2.45, 2.75) is 12.1 Å². The second kappa shape index (κ2) is 9.67. The number of anilines is 2. The van der Waals surface area contributed by atoms with Crippen LogP contribution in [0.1, 0.15) is 10.4 Å². The van der Waals surface area contributed by atoms with E-state index in [0.29, 0.717) is 53.2 Å². The zero-order valence-corrected chi connectivity index (χ0v) is 23.2. The number of halogens is 1. The van der Waals surface area contributed by atoms with Crippen LogP contribution in [0.4, 0.5) is 15.8 Å². The summed E-state index contributed by atoms with van der Waals surface area (Å²) in [6.45, 7) is 2.76. The minimum absolute atomic E-state index is 0.00897. The van der Waals surface area contributed by atoms with Crippen LogP contribution in [0.15, 0.2) is 41.6 Å². The number of aromatic amines is 1. The molecule has 0 spiro atoms. The molecule has 2 atom stereocenters. The summed E-state index contributed by atoms with van der Waals surface area (Å²) in [6, 6.07) is 4.75. The summed E-state index contributed by atoms with van der Waals surface area (Å²) in [6.07, 6.45) is 4.57. The molecule has 2 fully saturated rings. The first-order chi connectivity index (χ1) is 20.3. The molecular weight excluding hydrogens is 543 g/mol. The van der Waals surface area contributed by atoms with Crippen molar-refractivity contribution in [1.29, 1.82) is 0 Å². The molecule has 216 valence electrons. The average Bonchev–Trinajstić information content (AvgIpc) is 3.59. The van der Waals surface area contributed by atoms with E-state index in [9.17, 15) is 19.1 Å². The van der Waals surface area contributed by atoms with Gasteiger partial charge in [0.1, 0.15) is 17.0 Å². The number of nitrogens with one attached hydrogen (secondary N) is 3. The number of likely N-dealkylation sites (N-methyl/N-ethyl adjacent to an activating group) is 1. The van der Waals surface area contributed by atoms with Gasteiger partial charge in [0.2, 0.25) is 5.43 Å². The van der Waals surface area contributed by atoms with E-state index in [4.69, 9.17) is 9.72 Å². The molecule has 5 aromatic rings. The number of morpholine rings is 1. The quantitative estimate of drug-likeness (QED) is 0.248. The zero-order chi connectivity index (χ0) is 29.3. The number of carbonyl (C=O) groups is 1. The van der Waals surface area contributed by atoms with E-state index in [1.54, 1.807) is 32.6 Å². The van der Waals surface area contributed by atoms with Crippen LogP contribution in [0.2, 0.25) is 0 Å². The Hall–Kier alpha value is -4.75. The maximum Gasteiger partial charge on any atom is 0.341 e. The van der Waals surface area contributed by atoms with Crippen molar-refractivity contribution >= 4 is 50.3 Å². The molecule has 4 N–H and O–H groups in total. The summed E-state index contributed by atoms with van der Waals surface area (Å²) in [5.74, 6) is -1.71. The Bertz CT molecular complexity index is 1970. The molecule has 0 unspecified atom stereocenters. The number of H-pyrrole nitrogens is 1. The van der Waals surface area contributed by atoms with Crippen molar-refractivity contribution in [3.63, 3.8) is 0 Å². The van der Waals surface area contributed by atoms with Crippen LogP contribution < -0.4 is 21.1 Å². The molecule has 7 rings (SSSR count). The van der Waals surface area contributed by atoms with E-state index in [2.05, 4.69) is 37.6 Å². The molecule has 42 heavy (non-hydrogen) atoms. The largest absolute Gasteiger partial charge is 0.477 e. The van der Waals surface area contributed by atoms with Gasteiger partial charge in [-0.2, -0.15) is 0 Å². The number of pyridine rings is 3. The van der Waals surface area contributed by atoms with E-state index in [1.807, 2.05) is 0 Å². The van der Waals surface area contributed by atoms with Crippen molar-refractivity contribution < 1.29 is 19.0 Å². The van der Waals surface area contributed by atoms with Gasteiger partial charge in [-0.15, -0.1) is 0 Å². The Morgan fingerprint density at radius 3 is 2.74 bits per heavy atom. The van der Waals surface area contributed by atoms with Crippen LogP contribution in [0.3, 0.4) is 0 Å². The number of fused-ring (bicyclic) bond motifs is 5. The molecule has 2 aliphatic heterocycles. The highest BCUT2D eigenvalue weighted by Crippen LogP contribution is 2.43. The van der Waals surface area contributed by atoms with E-state index in [1.165, 1.54) is 23.0 Å². The van der Waals surface area contributed by atoms with Gasteiger partial charge in [0, 0.05) is 68.8 Å². The number of nitrogens with zero attached hydrogens (tertiary/aromatic N) is 5. The van der Waals surface area contributed by atoms with E-state index >= 15 is 0 Å². The van der Waals surface area contributed by atoms with E-state index in [0.717, 1.165) is 23.1 Å². The Morgan fingerprint density at radius 1 is 1.17 bits per heavy atom. The Morgan fingerprint density at radius 2 is 2.00 bits per heavy atom. The molecule has 2 saturated heterocycles. The molecule has 1 aromatic carbocycles. The average molecular weight is 573 g/mol. The fourth-order valence-electron chi connectivity index (χ4n) is 6.37. The third-order valence-electron chi connectivity index (χ3n) is 8.46. The summed E-state index contributed by atoms with van der Waals surface area (Å²) < 4.78 is 22.4. The fourth-order valence-corrected chi connectivity index (χ4v) is 6.37. The minimum Gasteiger partial charge on any atom is -0.477 e. The lowest BCUT2D eigenvalue weighted by Crippen LogP contribution is -2.48. The number of hydrogen-bond acceptors (Lipinski definition) is 9. The number of ether oxygens (including phenoxy) is 1. The fraction of sp³-hybridized carbons (Fsp3) is 0.310. The van der Waals surface area contributed by atoms with E-state index < -0.39 is 11.4 Å². The summed E-state index contributed by atoms with van der Waals surface area (Å²) in [4.78, 5) is 42.3. The first-order valence-electron chi connectivity index (χ1n) is 13.6. The lowest BCUT2D eigenvalue weighted by molar-refractivity contribution is -0.0362. The highest BCUT2D eigenvalue weighted by molar-refractivity contribution is 6.18. The molecule has 0 aliphatic carbocycles. The molecule has 2 aliphatic rings. The molecule has 0 radical (unpaired) electrons. The van der Waals surface area contributed by atoms with Crippen LogP contribution >= 0.6 is 0 Å². The van der Waals surface area contributed by atoms with Gasteiger partial charge in [-0.25, -0.2) is 23.8 Å². The Balaban J connectivity index is 1.52. The maximum absolute atomic E-state index is 14.9. The van der Waals surface area contributed by atoms with Gasteiger partial charge in [0.25, 0.3) is 0 Å². The van der Waals surface area contributed by atoms with E-state index in [-0.39, 0.29) is 28.9 Å². The van der Waals surface area contributed by atoms with Crippen LogP contribution in [-0.4, -0.2) is 95.1 Å². The van der Waals surface area contributed by atoms with Gasteiger partial charge >= 0.3 is 5.97 Å². The number of hydrogen-bond donors (Lipinski definition) is 4. The van der Waals surface area contributed by atoms with Gasteiger partial charge in [-0.05, 0) is 25.2 Å². The molecule has 13 heteroatoms. The minimum atomic E-state index is -1.33. The predicted molar refractivity (Wildman–Crippen MR) is 159 cm³/mol. The van der Waals surface area contributed by atoms with Crippen LogP contribution in [0.25, 0.3) is 44.1 Å². The van der Waals surface area contributed by atoms with Crippen LogP contribution in [-0.2, 0) is 4.74 Å². The van der Waals surface area contributed by atoms with Gasteiger partial charge < -0.3 is 30.5 Å². The monoisotopic (exact) mass is 572 g/mol. The predicted octanol–water partition coefficient (Wildman–Crippen LogP) is 2.66. The van der Waals surface area contributed by atoms with Crippen molar-refractivity contribution in [1.82, 2.24) is 24.5 Å². The maximum atomic E-state index is 14.9. The van der Waals surface area contributed by atoms with Crippen molar-refractivity contribution in [3.8, 4) is 11.1 Å². The second-order valence-electron chi connectivity index (χ2n) is 10.7. The third kappa shape index (κ3) is 3.88. The van der Waals surface area contributed by atoms with Crippen molar-refractivity contribution in [2.24, 2.45) is 0 Å². The summed E-state index contributed by atoms with van der Waals surface area (Å²) in [5, 5.41) is 14.3. The molecular formula is C29H29FN8O4. The van der Waals surface area contributed by atoms with Gasteiger partial charge in [0.05, 0.1) is 46.4 Å². The SMILES string of the molecule is CNc1cc(F)cc2c1[nH]c1ncc(-c3cnc4c(c3)c(=O)c(C(=O)O)cn4NC)c(N3C[C@@H]4OCCN(C)[C@@H]4C3)c12. The first kappa shape index (κ1) is 26.2. The van der Waals surface area contributed by atoms with Crippen LogP contribution in [0, 0.1) is 5.82 Å². The zero-order valence-electron chi connectivity index (χ0n) is 23.2. The lowest BCUT2D eigenvalue weighted by Gasteiger charge is -2.33. The number of rotatable bonds is 5. The smallest absolute Gasteiger partial charge is 0.341 e. The molecule has 0 saturated carbocycles.